The van der Waals surface area contributed by atoms with Gasteiger partial charge in [0.1, 0.15) is 17.4 Å². The standard InChI is InChI=1S/C13H11N5O2S/c1-21(19,20)13-14-7-10-11(18-13)12(16-8-15-10)17-9-5-3-2-4-6-9/h2-8H,1H3,(H,15,16,17). The lowest BCUT2D eigenvalue weighted by Gasteiger charge is -2.07. The van der Waals surface area contributed by atoms with Crippen LogP contribution in [-0.2, 0) is 9.84 Å². The predicted octanol–water partition coefficient (Wildman–Crippen LogP) is 1.57. The van der Waals surface area contributed by atoms with Crippen LogP contribution in [0.5, 0.6) is 0 Å². The fraction of sp³-hybridized carbons (Fsp3) is 0.0769. The lowest BCUT2D eigenvalue weighted by Crippen LogP contribution is -2.06. The summed E-state index contributed by atoms with van der Waals surface area (Å²) in [5.41, 5.74) is 1.64. The molecule has 3 rings (SSSR count). The first-order valence-electron chi connectivity index (χ1n) is 6.04. The maximum absolute atomic E-state index is 11.6. The van der Waals surface area contributed by atoms with Gasteiger partial charge in [-0.25, -0.2) is 28.4 Å². The van der Waals surface area contributed by atoms with Gasteiger partial charge in [0.05, 0.1) is 6.20 Å². The Morgan fingerprint density at radius 3 is 2.52 bits per heavy atom. The number of fused-ring (bicyclic) bond motifs is 1. The third kappa shape index (κ3) is 2.79. The van der Waals surface area contributed by atoms with Crippen LogP contribution in [0.15, 0.2) is 48.0 Å². The van der Waals surface area contributed by atoms with E-state index >= 15 is 0 Å². The van der Waals surface area contributed by atoms with Crippen LogP contribution in [0.3, 0.4) is 0 Å². The van der Waals surface area contributed by atoms with Crippen LogP contribution in [0.1, 0.15) is 0 Å². The van der Waals surface area contributed by atoms with E-state index in [4.69, 9.17) is 0 Å². The molecule has 2 heterocycles. The van der Waals surface area contributed by atoms with Gasteiger partial charge in [-0.3, -0.25) is 0 Å². The maximum Gasteiger partial charge on any atom is 0.247 e. The van der Waals surface area contributed by atoms with E-state index in [2.05, 4.69) is 25.3 Å². The minimum absolute atomic E-state index is 0.249. The molecule has 0 aliphatic heterocycles. The Bertz CT molecular complexity index is 897. The number of hydrogen-bond acceptors (Lipinski definition) is 7. The van der Waals surface area contributed by atoms with Crippen LogP contribution in [-0.4, -0.2) is 34.6 Å². The smallest absolute Gasteiger partial charge is 0.247 e. The first-order valence-corrected chi connectivity index (χ1v) is 7.93. The largest absolute Gasteiger partial charge is 0.338 e. The summed E-state index contributed by atoms with van der Waals surface area (Å²) >= 11 is 0. The molecular weight excluding hydrogens is 290 g/mol. The molecule has 0 fully saturated rings. The van der Waals surface area contributed by atoms with Crippen LogP contribution >= 0.6 is 0 Å². The molecule has 0 radical (unpaired) electrons. The topological polar surface area (TPSA) is 97.7 Å². The minimum Gasteiger partial charge on any atom is -0.338 e. The van der Waals surface area contributed by atoms with Crippen LogP contribution in [0.25, 0.3) is 11.0 Å². The number of hydrogen-bond donors (Lipinski definition) is 1. The summed E-state index contributed by atoms with van der Waals surface area (Å²) in [5.74, 6) is 0.429. The van der Waals surface area contributed by atoms with Crippen LogP contribution in [0.4, 0.5) is 11.5 Å². The van der Waals surface area contributed by atoms with Gasteiger partial charge in [0.25, 0.3) is 0 Å². The molecule has 106 valence electrons. The Morgan fingerprint density at radius 1 is 1.05 bits per heavy atom. The molecule has 0 saturated carbocycles. The number of aromatic nitrogens is 4. The number of nitrogens with zero attached hydrogens (tertiary/aromatic N) is 4. The summed E-state index contributed by atoms with van der Waals surface area (Å²) in [6.45, 7) is 0. The van der Waals surface area contributed by atoms with Crippen molar-refractivity contribution in [3.63, 3.8) is 0 Å². The Labute approximate surface area is 121 Å². The molecule has 0 spiro atoms. The highest BCUT2D eigenvalue weighted by atomic mass is 32.2. The molecule has 0 saturated heterocycles. The lowest BCUT2D eigenvalue weighted by molar-refractivity contribution is 0.593. The second kappa shape index (κ2) is 5.06. The highest BCUT2D eigenvalue weighted by Gasteiger charge is 2.14. The van der Waals surface area contributed by atoms with E-state index < -0.39 is 9.84 Å². The fourth-order valence-electron chi connectivity index (χ4n) is 1.77. The van der Waals surface area contributed by atoms with Crippen molar-refractivity contribution in [3.05, 3.63) is 42.9 Å². The van der Waals surface area contributed by atoms with Gasteiger partial charge in [0.2, 0.25) is 15.0 Å². The molecule has 3 aromatic rings. The van der Waals surface area contributed by atoms with E-state index in [0.29, 0.717) is 16.9 Å². The molecule has 0 unspecified atom stereocenters. The molecular formula is C13H11N5O2S. The molecule has 0 atom stereocenters. The molecule has 0 aliphatic rings. The average molecular weight is 301 g/mol. The highest BCUT2D eigenvalue weighted by Crippen LogP contribution is 2.21. The number of rotatable bonds is 3. The summed E-state index contributed by atoms with van der Waals surface area (Å²) in [4.78, 5) is 16.0. The summed E-state index contributed by atoms with van der Waals surface area (Å²) in [5, 5.41) is 2.84. The zero-order valence-corrected chi connectivity index (χ0v) is 11.9. The molecule has 1 aromatic carbocycles. The Kier molecular flexibility index (Phi) is 3.22. The first-order chi connectivity index (χ1) is 10.0. The number of sulfone groups is 1. The van der Waals surface area contributed by atoms with Crippen molar-refractivity contribution < 1.29 is 8.42 Å². The second-order valence-electron chi connectivity index (χ2n) is 4.37. The highest BCUT2D eigenvalue weighted by molar-refractivity contribution is 7.90. The van der Waals surface area contributed by atoms with Gasteiger partial charge in [-0.15, -0.1) is 0 Å². The van der Waals surface area contributed by atoms with Gasteiger partial charge in [-0.2, -0.15) is 0 Å². The van der Waals surface area contributed by atoms with Gasteiger partial charge < -0.3 is 5.32 Å². The molecule has 1 N–H and O–H groups in total. The fourth-order valence-corrected chi connectivity index (χ4v) is 2.27. The molecule has 0 aliphatic carbocycles. The minimum atomic E-state index is -3.49. The van der Waals surface area contributed by atoms with E-state index in [9.17, 15) is 8.42 Å². The summed E-state index contributed by atoms with van der Waals surface area (Å²) in [6, 6.07) is 9.39. The lowest BCUT2D eigenvalue weighted by atomic mass is 10.3. The van der Waals surface area contributed by atoms with Gasteiger partial charge in [-0.05, 0) is 12.1 Å². The third-order valence-corrected chi connectivity index (χ3v) is 3.58. The van der Waals surface area contributed by atoms with Crippen LogP contribution < -0.4 is 5.32 Å². The molecule has 2 aromatic heterocycles. The van der Waals surface area contributed by atoms with Crippen molar-refractivity contribution in [2.24, 2.45) is 0 Å². The molecule has 8 heteroatoms. The van der Waals surface area contributed by atoms with Crippen molar-refractivity contribution in [1.29, 1.82) is 0 Å². The Balaban J connectivity index is 2.14. The molecule has 21 heavy (non-hydrogen) atoms. The number of para-hydroxylation sites is 1. The van der Waals surface area contributed by atoms with Crippen molar-refractivity contribution >= 4 is 32.4 Å². The third-order valence-electron chi connectivity index (χ3n) is 2.72. The quantitative estimate of drug-likeness (QED) is 0.733. The Hall–Kier alpha value is -2.61. The van der Waals surface area contributed by atoms with E-state index in [-0.39, 0.29) is 5.16 Å². The van der Waals surface area contributed by atoms with Crippen LogP contribution in [0, 0.1) is 0 Å². The zero-order valence-electron chi connectivity index (χ0n) is 11.1. The van der Waals surface area contributed by atoms with E-state index in [1.54, 1.807) is 0 Å². The van der Waals surface area contributed by atoms with Gasteiger partial charge in [0.15, 0.2) is 5.82 Å². The Morgan fingerprint density at radius 2 is 1.81 bits per heavy atom. The molecule has 7 nitrogen and oxygen atoms in total. The van der Waals surface area contributed by atoms with E-state index in [0.717, 1.165) is 11.9 Å². The zero-order chi connectivity index (χ0) is 14.9. The van der Waals surface area contributed by atoms with Gasteiger partial charge in [0, 0.05) is 11.9 Å². The normalized spacial score (nSPS) is 11.5. The predicted molar refractivity (Wildman–Crippen MR) is 78.0 cm³/mol. The van der Waals surface area contributed by atoms with E-state index in [1.807, 2.05) is 30.3 Å². The molecule has 0 bridgehead atoms. The van der Waals surface area contributed by atoms with Crippen molar-refractivity contribution in [2.75, 3.05) is 11.6 Å². The van der Waals surface area contributed by atoms with Crippen molar-refractivity contribution in [1.82, 2.24) is 19.9 Å². The van der Waals surface area contributed by atoms with Crippen molar-refractivity contribution in [3.8, 4) is 0 Å². The van der Waals surface area contributed by atoms with Crippen molar-refractivity contribution in [2.45, 2.75) is 5.16 Å². The summed E-state index contributed by atoms with van der Waals surface area (Å²) < 4.78 is 23.1. The number of benzene rings is 1. The average Bonchev–Trinajstić information content (AvgIpc) is 2.47. The molecule has 0 amide bonds. The van der Waals surface area contributed by atoms with Crippen LogP contribution in [0.2, 0.25) is 0 Å². The van der Waals surface area contributed by atoms with Gasteiger partial charge in [-0.1, -0.05) is 18.2 Å². The first kappa shape index (κ1) is 13.4. The number of nitrogens with one attached hydrogen (secondary N) is 1. The maximum atomic E-state index is 11.6. The summed E-state index contributed by atoms with van der Waals surface area (Å²) in [6.07, 6.45) is 3.80. The SMILES string of the molecule is CS(=O)(=O)c1ncc2ncnc(Nc3ccccc3)c2n1. The monoisotopic (exact) mass is 301 g/mol. The second-order valence-corrected chi connectivity index (χ2v) is 6.28. The number of anilines is 2. The van der Waals surface area contributed by atoms with E-state index in [1.165, 1.54) is 12.5 Å². The van der Waals surface area contributed by atoms with Gasteiger partial charge >= 0.3 is 0 Å². The summed E-state index contributed by atoms with van der Waals surface area (Å²) in [7, 11) is -3.49.